The molecule has 0 fully saturated rings. The van der Waals surface area contributed by atoms with Crippen LogP contribution in [0.3, 0.4) is 0 Å². The van der Waals surface area contributed by atoms with Crippen molar-refractivity contribution in [2.24, 2.45) is 5.92 Å². The first kappa shape index (κ1) is 14.4. The Morgan fingerprint density at radius 1 is 1.56 bits per heavy atom. The third-order valence-electron chi connectivity index (χ3n) is 2.15. The lowest BCUT2D eigenvalue weighted by Gasteiger charge is -2.09. The van der Waals surface area contributed by atoms with Gasteiger partial charge in [0.2, 0.25) is 0 Å². The summed E-state index contributed by atoms with van der Waals surface area (Å²) in [4.78, 5) is 18.5. The van der Waals surface area contributed by atoms with Crippen molar-refractivity contribution >= 4 is 11.8 Å². The van der Waals surface area contributed by atoms with Crippen molar-refractivity contribution in [1.82, 2.24) is 9.97 Å². The molecule has 0 saturated carbocycles. The molecule has 0 aliphatic carbocycles. The molecule has 1 aromatic heterocycles. The first-order valence-corrected chi connectivity index (χ1v) is 5.96. The molecule has 6 nitrogen and oxygen atoms in total. The summed E-state index contributed by atoms with van der Waals surface area (Å²) in [6.45, 7) is 6.21. The van der Waals surface area contributed by atoms with E-state index in [9.17, 15) is 4.79 Å². The number of hydrogen-bond acceptors (Lipinski definition) is 5. The molecular formula is C12H19N3O3. The van der Waals surface area contributed by atoms with E-state index >= 15 is 0 Å². The number of ether oxygens (including phenoxy) is 1. The van der Waals surface area contributed by atoms with Crippen LogP contribution in [0.4, 0.5) is 5.82 Å². The van der Waals surface area contributed by atoms with E-state index in [1.165, 1.54) is 12.5 Å². The SMILES string of the molecule is CC(C)COCCCNc1ncncc1C(=O)O. The van der Waals surface area contributed by atoms with Crippen molar-refractivity contribution in [3.63, 3.8) is 0 Å². The molecule has 100 valence electrons. The Labute approximate surface area is 106 Å². The average molecular weight is 253 g/mol. The van der Waals surface area contributed by atoms with Gasteiger partial charge in [-0.1, -0.05) is 13.8 Å². The van der Waals surface area contributed by atoms with E-state index in [2.05, 4.69) is 29.1 Å². The van der Waals surface area contributed by atoms with Gasteiger partial charge >= 0.3 is 5.97 Å². The molecule has 0 aliphatic rings. The number of rotatable bonds is 8. The van der Waals surface area contributed by atoms with Crippen LogP contribution >= 0.6 is 0 Å². The Bertz CT molecular complexity index is 383. The molecule has 2 N–H and O–H groups in total. The van der Waals surface area contributed by atoms with E-state index in [0.717, 1.165) is 13.0 Å². The van der Waals surface area contributed by atoms with E-state index in [1.54, 1.807) is 0 Å². The van der Waals surface area contributed by atoms with Crippen LogP contribution in [0.2, 0.25) is 0 Å². The van der Waals surface area contributed by atoms with Gasteiger partial charge in [0, 0.05) is 26.0 Å². The molecule has 0 atom stereocenters. The third-order valence-corrected chi connectivity index (χ3v) is 2.15. The summed E-state index contributed by atoms with van der Waals surface area (Å²) in [6, 6.07) is 0. The molecule has 0 unspecified atom stereocenters. The predicted octanol–water partition coefficient (Wildman–Crippen LogP) is 1.65. The molecule has 0 spiro atoms. The van der Waals surface area contributed by atoms with Crippen LogP contribution in [0.5, 0.6) is 0 Å². The van der Waals surface area contributed by atoms with Crippen molar-refractivity contribution < 1.29 is 14.6 Å². The highest BCUT2D eigenvalue weighted by atomic mass is 16.5. The predicted molar refractivity (Wildman–Crippen MR) is 67.8 cm³/mol. The minimum Gasteiger partial charge on any atom is -0.477 e. The number of aromatic nitrogens is 2. The molecular weight excluding hydrogens is 234 g/mol. The first-order chi connectivity index (χ1) is 8.61. The van der Waals surface area contributed by atoms with Crippen molar-refractivity contribution in [1.29, 1.82) is 0 Å². The van der Waals surface area contributed by atoms with Crippen molar-refractivity contribution in [2.45, 2.75) is 20.3 Å². The van der Waals surface area contributed by atoms with E-state index < -0.39 is 5.97 Å². The van der Waals surface area contributed by atoms with Crippen LogP contribution in [-0.2, 0) is 4.74 Å². The molecule has 6 heteroatoms. The Hall–Kier alpha value is -1.69. The van der Waals surface area contributed by atoms with Gasteiger partial charge in [-0.15, -0.1) is 0 Å². The second-order valence-corrected chi connectivity index (χ2v) is 4.34. The molecule has 0 saturated heterocycles. The maximum Gasteiger partial charge on any atom is 0.341 e. The lowest BCUT2D eigenvalue weighted by molar-refractivity contribution is 0.0697. The second kappa shape index (κ2) is 7.60. The topological polar surface area (TPSA) is 84.3 Å². The molecule has 0 bridgehead atoms. The highest BCUT2D eigenvalue weighted by molar-refractivity contribution is 5.92. The summed E-state index contributed by atoms with van der Waals surface area (Å²) in [5.74, 6) is -0.158. The van der Waals surface area contributed by atoms with Crippen LogP contribution in [0.1, 0.15) is 30.6 Å². The fourth-order valence-corrected chi connectivity index (χ4v) is 1.33. The van der Waals surface area contributed by atoms with Gasteiger partial charge in [0.1, 0.15) is 17.7 Å². The number of nitrogens with zero attached hydrogens (tertiary/aromatic N) is 2. The quantitative estimate of drug-likeness (QED) is 0.685. The number of carbonyl (C=O) groups is 1. The number of hydrogen-bond donors (Lipinski definition) is 2. The van der Waals surface area contributed by atoms with Crippen LogP contribution in [0.25, 0.3) is 0 Å². The van der Waals surface area contributed by atoms with Crippen LogP contribution < -0.4 is 5.32 Å². The van der Waals surface area contributed by atoms with E-state index in [4.69, 9.17) is 9.84 Å². The van der Waals surface area contributed by atoms with E-state index in [-0.39, 0.29) is 5.56 Å². The maximum atomic E-state index is 10.9. The fourth-order valence-electron chi connectivity index (χ4n) is 1.33. The molecule has 18 heavy (non-hydrogen) atoms. The monoisotopic (exact) mass is 253 g/mol. The van der Waals surface area contributed by atoms with E-state index in [0.29, 0.717) is 24.9 Å². The lowest BCUT2D eigenvalue weighted by Crippen LogP contribution is -2.12. The minimum atomic E-state index is -1.03. The van der Waals surface area contributed by atoms with Gasteiger partial charge in [-0.25, -0.2) is 14.8 Å². The standard InChI is InChI=1S/C12H19N3O3/c1-9(2)7-18-5-3-4-14-11-10(12(16)17)6-13-8-15-11/h6,8-9H,3-5,7H2,1-2H3,(H,16,17)(H,13,14,15). The van der Waals surface area contributed by atoms with Gasteiger partial charge in [-0.05, 0) is 12.3 Å². The smallest absolute Gasteiger partial charge is 0.341 e. The molecule has 1 rings (SSSR count). The zero-order valence-corrected chi connectivity index (χ0v) is 10.7. The van der Waals surface area contributed by atoms with Gasteiger partial charge in [0.25, 0.3) is 0 Å². The maximum absolute atomic E-state index is 10.9. The van der Waals surface area contributed by atoms with Gasteiger partial charge in [0.15, 0.2) is 0 Å². The van der Waals surface area contributed by atoms with Crippen molar-refractivity contribution in [2.75, 3.05) is 25.1 Å². The third kappa shape index (κ3) is 5.09. The summed E-state index contributed by atoms with van der Waals surface area (Å²) in [7, 11) is 0. The number of carboxylic acid groups (broad SMARTS) is 1. The Morgan fingerprint density at radius 3 is 3.00 bits per heavy atom. The Kier molecular flexibility index (Phi) is 6.07. The fraction of sp³-hybridized carbons (Fsp3) is 0.583. The molecule has 0 radical (unpaired) electrons. The zero-order valence-electron chi connectivity index (χ0n) is 10.7. The minimum absolute atomic E-state index is 0.0839. The Morgan fingerprint density at radius 2 is 2.33 bits per heavy atom. The number of anilines is 1. The molecule has 0 aliphatic heterocycles. The first-order valence-electron chi connectivity index (χ1n) is 5.96. The molecule has 1 heterocycles. The van der Waals surface area contributed by atoms with E-state index in [1.807, 2.05) is 0 Å². The Balaban J connectivity index is 2.29. The number of aromatic carboxylic acids is 1. The van der Waals surface area contributed by atoms with Gasteiger partial charge in [-0.3, -0.25) is 0 Å². The summed E-state index contributed by atoms with van der Waals surface area (Å²) >= 11 is 0. The van der Waals surface area contributed by atoms with Crippen LogP contribution in [-0.4, -0.2) is 40.8 Å². The highest BCUT2D eigenvalue weighted by Crippen LogP contribution is 2.09. The van der Waals surface area contributed by atoms with Gasteiger partial charge < -0.3 is 15.2 Å². The normalized spacial score (nSPS) is 10.6. The molecule has 0 aromatic carbocycles. The number of carboxylic acids is 1. The number of nitrogens with one attached hydrogen (secondary N) is 1. The van der Waals surface area contributed by atoms with Gasteiger partial charge in [0.05, 0.1) is 0 Å². The summed E-state index contributed by atoms with van der Waals surface area (Å²) < 4.78 is 5.42. The van der Waals surface area contributed by atoms with Crippen molar-refractivity contribution in [3.05, 3.63) is 18.1 Å². The lowest BCUT2D eigenvalue weighted by atomic mass is 10.2. The molecule has 1 aromatic rings. The summed E-state index contributed by atoms with van der Waals surface area (Å²) in [6.07, 6.45) is 3.41. The van der Waals surface area contributed by atoms with Crippen molar-refractivity contribution in [3.8, 4) is 0 Å². The largest absolute Gasteiger partial charge is 0.477 e. The second-order valence-electron chi connectivity index (χ2n) is 4.34. The summed E-state index contributed by atoms with van der Waals surface area (Å²) in [5.41, 5.74) is 0.0839. The molecule has 0 amide bonds. The van der Waals surface area contributed by atoms with Crippen LogP contribution in [0.15, 0.2) is 12.5 Å². The zero-order chi connectivity index (χ0) is 13.4. The summed E-state index contributed by atoms with van der Waals surface area (Å²) in [5, 5.41) is 11.9. The van der Waals surface area contributed by atoms with Gasteiger partial charge in [-0.2, -0.15) is 0 Å². The average Bonchev–Trinajstić information content (AvgIpc) is 2.33. The highest BCUT2D eigenvalue weighted by Gasteiger charge is 2.10. The van der Waals surface area contributed by atoms with Crippen LogP contribution in [0, 0.1) is 5.92 Å².